The van der Waals surface area contributed by atoms with Crippen LogP contribution in [0.25, 0.3) is 28.9 Å². The Morgan fingerprint density at radius 3 is 1.94 bits per heavy atom. The molecule has 4 aliphatic rings. The Bertz CT molecular complexity index is 1590. The van der Waals surface area contributed by atoms with Crippen LogP contribution in [-0.2, 0) is 0 Å². The summed E-state index contributed by atoms with van der Waals surface area (Å²) in [6, 6.07) is 30.1. The molecule has 33 heavy (non-hydrogen) atoms. The van der Waals surface area contributed by atoms with Crippen LogP contribution >= 0.6 is 0 Å². The van der Waals surface area contributed by atoms with Gasteiger partial charge in [-0.25, -0.2) is 0 Å². The standard InChI is InChI=1S/C32H19N/c33-20-24-17-28-26-14-7-5-12-23(26)19-30(28)32(31(24)21-9-2-1-3-10-21)16-8-15-27-25-13-6-4-11-22(25)18-29(27)32/h1-19H. The first-order chi connectivity index (χ1) is 16.3. The number of nitriles is 1. The van der Waals surface area contributed by atoms with E-state index < -0.39 is 5.41 Å². The van der Waals surface area contributed by atoms with Crippen LogP contribution in [0.2, 0.25) is 0 Å². The zero-order chi connectivity index (χ0) is 22.0. The van der Waals surface area contributed by atoms with Crippen LogP contribution in [0, 0.1) is 16.7 Å². The average molecular weight is 418 g/mol. The fraction of sp³-hybridized carbons (Fsp3) is 0.0312. The van der Waals surface area contributed by atoms with Gasteiger partial charge in [-0.05, 0) is 73.9 Å². The first-order valence-electron chi connectivity index (χ1n) is 11.3. The summed E-state index contributed by atoms with van der Waals surface area (Å²) in [6.45, 7) is 0. The van der Waals surface area contributed by atoms with Crippen LogP contribution in [0.15, 0.2) is 120 Å². The molecule has 1 unspecified atom stereocenters. The molecule has 3 aromatic rings. The molecule has 0 fully saturated rings. The molecule has 7 rings (SSSR count). The lowest BCUT2D eigenvalue weighted by atomic mass is 9.58. The summed E-state index contributed by atoms with van der Waals surface area (Å²) in [4.78, 5) is 0. The van der Waals surface area contributed by atoms with Crippen LogP contribution in [0.5, 0.6) is 0 Å². The van der Waals surface area contributed by atoms with Crippen LogP contribution in [-0.4, -0.2) is 0 Å². The van der Waals surface area contributed by atoms with Crippen LogP contribution in [0.4, 0.5) is 0 Å². The maximum atomic E-state index is 10.4. The van der Waals surface area contributed by atoms with Gasteiger partial charge in [0.05, 0.1) is 17.1 Å². The van der Waals surface area contributed by atoms with E-state index in [0.717, 1.165) is 22.3 Å². The van der Waals surface area contributed by atoms with E-state index in [1.165, 1.54) is 39.0 Å². The summed E-state index contributed by atoms with van der Waals surface area (Å²) in [5.74, 6) is 0. The molecule has 1 heteroatoms. The maximum absolute atomic E-state index is 10.4. The van der Waals surface area contributed by atoms with Crippen LogP contribution in [0.3, 0.4) is 0 Å². The Morgan fingerprint density at radius 2 is 1.24 bits per heavy atom. The molecule has 0 aliphatic heterocycles. The summed E-state index contributed by atoms with van der Waals surface area (Å²) >= 11 is 0. The van der Waals surface area contributed by atoms with E-state index in [2.05, 4.69) is 115 Å². The van der Waals surface area contributed by atoms with Gasteiger partial charge >= 0.3 is 0 Å². The molecular formula is C32H19N. The van der Waals surface area contributed by atoms with Gasteiger partial charge in [0.2, 0.25) is 0 Å². The lowest BCUT2D eigenvalue weighted by Gasteiger charge is -2.42. The Labute approximate surface area is 193 Å². The number of fused-ring (bicyclic) bond motifs is 8. The second kappa shape index (κ2) is 6.55. The minimum Gasteiger partial charge on any atom is -0.192 e. The third-order valence-corrected chi connectivity index (χ3v) is 7.28. The third kappa shape index (κ3) is 2.30. The van der Waals surface area contributed by atoms with E-state index in [1.807, 2.05) is 6.07 Å². The van der Waals surface area contributed by atoms with Crippen LogP contribution in [0.1, 0.15) is 27.8 Å². The molecule has 0 bridgehead atoms. The second-order valence-corrected chi connectivity index (χ2v) is 8.86. The summed E-state index contributed by atoms with van der Waals surface area (Å²) < 4.78 is 0. The normalized spacial score (nSPS) is 21.3. The van der Waals surface area contributed by atoms with Gasteiger partial charge < -0.3 is 0 Å². The highest BCUT2D eigenvalue weighted by Gasteiger charge is 2.50. The van der Waals surface area contributed by atoms with E-state index in [4.69, 9.17) is 0 Å². The van der Waals surface area contributed by atoms with Gasteiger partial charge in [0, 0.05) is 0 Å². The van der Waals surface area contributed by atoms with Crippen molar-refractivity contribution < 1.29 is 0 Å². The topological polar surface area (TPSA) is 23.8 Å². The summed E-state index contributed by atoms with van der Waals surface area (Å²) in [6.07, 6.45) is 13.5. The first-order valence-corrected chi connectivity index (χ1v) is 11.3. The predicted octanol–water partition coefficient (Wildman–Crippen LogP) is 7.49. The molecule has 1 nitrogen and oxygen atoms in total. The van der Waals surface area contributed by atoms with Crippen LogP contribution < -0.4 is 0 Å². The number of nitrogens with zero attached hydrogens (tertiary/aromatic N) is 1. The second-order valence-electron chi connectivity index (χ2n) is 8.86. The first kappa shape index (κ1) is 18.2. The molecule has 0 saturated heterocycles. The fourth-order valence-corrected chi connectivity index (χ4v) is 5.95. The molecule has 0 amide bonds. The van der Waals surface area contributed by atoms with Gasteiger partial charge in [-0.3, -0.25) is 0 Å². The van der Waals surface area contributed by atoms with Gasteiger partial charge in [0.1, 0.15) is 0 Å². The zero-order valence-corrected chi connectivity index (χ0v) is 17.9. The number of hydrogen-bond donors (Lipinski definition) is 0. The minimum atomic E-state index is -0.529. The van der Waals surface area contributed by atoms with Gasteiger partial charge in [-0.2, -0.15) is 5.26 Å². The van der Waals surface area contributed by atoms with Crippen molar-refractivity contribution in [3.63, 3.8) is 0 Å². The molecule has 1 spiro atoms. The van der Waals surface area contributed by atoms with Crippen molar-refractivity contribution in [1.82, 2.24) is 0 Å². The number of hydrogen-bond acceptors (Lipinski definition) is 1. The summed E-state index contributed by atoms with van der Waals surface area (Å²) in [7, 11) is 0. The minimum absolute atomic E-state index is 0.529. The van der Waals surface area contributed by atoms with E-state index >= 15 is 0 Å². The third-order valence-electron chi connectivity index (χ3n) is 7.28. The van der Waals surface area contributed by atoms with E-state index in [1.54, 1.807) is 0 Å². The zero-order valence-electron chi connectivity index (χ0n) is 17.9. The highest BCUT2D eigenvalue weighted by Crippen LogP contribution is 2.64. The van der Waals surface area contributed by atoms with E-state index in [-0.39, 0.29) is 0 Å². The van der Waals surface area contributed by atoms with Gasteiger partial charge in [-0.15, -0.1) is 0 Å². The van der Waals surface area contributed by atoms with Gasteiger partial charge in [-0.1, -0.05) is 97.1 Å². The molecule has 0 N–H and O–H groups in total. The Balaban J connectivity index is 1.60. The van der Waals surface area contributed by atoms with Gasteiger partial charge in [0.15, 0.2) is 0 Å². The Hall–Kier alpha value is -4.41. The van der Waals surface area contributed by atoms with Gasteiger partial charge in [0.25, 0.3) is 0 Å². The molecule has 4 aliphatic carbocycles. The van der Waals surface area contributed by atoms with Crippen molar-refractivity contribution >= 4 is 28.9 Å². The monoisotopic (exact) mass is 417 g/mol. The number of rotatable bonds is 1. The molecule has 0 aromatic heterocycles. The van der Waals surface area contributed by atoms with E-state index in [0.29, 0.717) is 0 Å². The molecule has 0 radical (unpaired) electrons. The summed E-state index contributed by atoms with van der Waals surface area (Å²) in [5, 5.41) is 10.4. The van der Waals surface area contributed by atoms with E-state index in [9.17, 15) is 5.26 Å². The summed E-state index contributed by atoms with van der Waals surface area (Å²) in [5.41, 5.74) is 12.2. The van der Waals surface area contributed by atoms with Crippen molar-refractivity contribution in [1.29, 1.82) is 5.26 Å². The molecule has 1 atom stereocenters. The smallest absolute Gasteiger partial charge is 0.0995 e. The van der Waals surface area contributed by atoms with Crippen molar-refractivity contribution in [2.75, 3.05) is 0 Å². The van der Waals surface area contributed by atoms with Crippen molar-refractivity contribution in [3.8, 4) is 6.07 Å². The molecule has 0 heterocycles. The molecule has 3 aromatic carbocycles. The largest absolute Gasteiger partial charge is 0.192 e. The number of allylic oxidation sites excluding steroid dienone is 10. The van der Waals surface area contributed by atoms with Crippen molar-refractivity contribution in [3.05, 3.63) is 148 Å². The Kier molecular flexibility index (Phi) is 3.61. The SMILES string of the molecule is N#CC1=C(c2ccccc2)C2(C=CC=C3C2=Cc2ccccc23)C2=Cc3ccccc3C2=C1. The maximum Gasteiger partial charge on any atom is 0.0995 e. The lowest BCUT2D eigenvalue weighted by molar-refractivity contribution is 0.775. The molecule has 0 saturated carbocycles. The predicted molar refractivity (Wildman–Crippen MR) is 135 cm³/mol. The molecular weight excluding hydrogens is 398 g/mol. The quantitative estimate of drug-likeness (QED) is 0.402. The highest BCUT2D eigenvalue weighted by molar-refractivity contribution is 6.11. The average Bonchev–Trinajstić information content (AvgIpc) is 3.44. The molecule has 152 valence electrons. The highest BCUT2D eigenvalue weighted by atomic mass is 14.5. The van der Waals surface area contributed by atoms with Crippen molar-refractivity contribution in [2.24, 2.45) is 5.41 Å². The fourth-order valence-electron chi connectivity index (χ4n) is 5.95. The van der Waals surface area contributed by atoms with Crippen molar-refractivity contribution in [2.45, 2.75) is 0 Å². The lowest BCUT2D eigenvalue weighted by Crippen LogP contribution is -2.30. The number of benzene rings is 3. The Morgan fingerprint density at radius 1 is 0.636 bits per heavy atom.